The fourth-order valence-electron chi connectivity index (χ4n) is 2.13. The molecule has 0 amide bonds. The van der Waals surface area contributed by atoms with Gasteiger partial charge < -0.3 is 9.72 Å². The van der Waals surface area contributed by atoms with E-state index >= 15 is 0 Å². The Labute approximate surface area is 131 Å². The molecule has 0 radical (unpaired) electrons. The molecule has 1 N–H and O–H groups in total. The summed E-state index contributed by atoms with van der Waals surface area (Å²) in [6, 6.07) is 15.9. The van der Waals surface area contributed by atoms with Crippen molar-refractivity contribution in [3.8, 4) is 0 Å². The van der Waals surface area contributed by atoms with Crippen LogP contribution in [0.1, 0.15) is 15.9 Å². The van der Waals surface area contributed by atoms with Crippen molar-refractivity contribution in [2.75, 3.05) is 0 Å². The smallest absolute Gasteiger partial charge is 0.341 e. The molecule has 0 saturated carbocycles. The largest absolute Gasteiger partial charge is 0.421 e. The first-order valence-corrected chi connectivity index (χ1v) is 7.06. The van der Waals surface area contributed by atoms with E-state index in [1.54, 1.807) is 48.7 Å². The molecule has 0 aliphatic carbocycles. The molecule has 1 heterocycles. The Kier molecular flexibility index (Phi) is 3.62. The minimum Gasteiger partial charge on any atom is -0.421 e. The molecule has 5 heteroatoms. The number of rotatable bonds is 3. The van der Waals surface area contributed by atoms with Crippen molar-refractivity contribution in [3.63, 3.8) is 0 Å². The van der Waals surface area contributed by atoms with Crippen LogP contribution in [0.15, 0.2) is 60.8 Å². The van der Waals surface area contributed by atoms with Crippen LogP contribution in [0, 0.1) is 0 Å². The van der Waals surface area contributed by atoms with Crippen molar-refractivity contribution in [2.24, 2.45) is 0 Å². The van der Waals surface area contributed by atoms with Crippen molar-refractivity contribution in [1.29, 1.82) is 0 Å². The number of aromatic amines is 1. The SMILES string of the molecule is O=C(OC(Cl)(Cl)c1ccccc1)c1cccc2[nH]ccc12. The standard InChI is InChI=1S/C16H11Cl2NO2/c17-16(18,11-5-2-1-3-6-11)21-15(20)13-7-4-8-14-12(13)9-10-19-14/h1-10,19H. The summed E-state index contributed by atoms with van der Waals surface area (Å²) in [5.41, 5.74) is 1.76. The highest BCUT2D eigenvalue weighted by Gasteiger charge is 2.32. The number of H-pyrrole nitrogens is 1. The number of nitrogens with one attached hydrogen (secondary N) is 1. The molecule has 0 unspecified atom stereocenters. The molecule has 3 nitrogen and oxygen atoms in total. The fraction of sp³-hybridized carbons (Fsp3) is 0.0625. The highest BCUT2D eigenvalue weighted by Crippen LogP contribution is 2.36. The summed E-state index contributed by atoms with van der Waals surface area (Å²) in [6.45, 7) is 0. The summed E-state index contributed by atoms with van der Waals surface area (Å²) in [4.78, 5) is 15.4. The number of ether oxygens (including phenoxy) is 1. The number of hydrogen-bond donors (Lipinski definition) is 1. The number of benzene rings is 2. The van der Waals surface area contributed by atoms with Gasteiger partial charge in [0.15, 0.2) is 0 Å². The van der Waals surface area contributed by atoms with Crippen LogP contribution in [0.4, 0.5) is 0 Å². The lowest BCUT2D eigenvalue weighted by Crippen LogP contribution is -2.20. The zero-order chi connectivity index (χ0) is 14.9. The highest BCUT2D eigenvalue weighted by molar-refractivity contribution is 6.47. The van der Waals surface area contributed by atoms with E-state index in [4.69, 9.17) is 27.9 Å². The van der Waals surface area contributed by atoms with Gasteiger partial charge in [0.25, 0.3) is 4.52 Å². The lowest BCUT2D eigenvalue weighted by molar-refractivity contribution is 0.0370. The first-order chi connectivity index (χ1) is 10.1. The van der Waals surface area contributed by atoms with Gasteiger partial charge in [0.2, 0.25) is 0 Å². The van der Waals surface area contributed by atoms with Crippen LogP contribution in [0.25, 0.3) is 10.9 Å². The Morgan fingerprint density at radius 3 is 2.52 bits per heavy atom. The third kappa shape index (κ3) is 2.75. The van der Waals surface area contributed by atoms with Gasteiger partial charge in [-0.3, -0.25) is 0 Å². The summed E-state index contributed by atoms with van der Waals surface area (Å²) in [6.07, 6.45) is 1.76. The number of hydrogen-bond acceptors (Lipinski definition) is 2. The quantitative estimate of drug-likeness (QED) is 0.565. The van der Waals surface area contributed by atoms with E-state index in [9.17, 15) is 4.79 Å². The van der Waals surface area contributed by atoms with Crippen molar-refractivity contribution in [3.05, 3.63) is 71.9 Å². The average molecular weight is 320 g/mol. The molecule has 0 atom stereocenters. The molecule has 106 valence electrons. The molecule has 3 aromatic rings. The van der Waals surface area contributed by atoms with Crippen molar-refractivity contribution < 1.29 is 9.53 Å². The number of alkyl halides is 2. The zero-order valence-corrected chi connectivity index (χ0v) is 12.4. The zero-order valence-electron chi connectivity index (χ0n) is 10.8. The molecule has 2 aromatic carbocycles. The molecule has 0 spiro atoms. The second-order valence-electron chi connectivity index (χ2n) is 4.52. The van der Waals surface area contributed by atoms with Crippen LogP contribution in [-0.2, 0) is 9.26 Å². The molecule has 3 rings (SSSR count). The number of fused-ring (bicyclic) bond motifs is 1. The Balaban J connectivity index is 1.91. The second kappa shape index (κ2) is 5.43. The highest BCUT2D eigenvalue weighted by atomic mass is 35.5. The molecule has 0 aliphatic rings. The van der Waals surface area contributed by atoms with Gasteiger partial charge >= 0.3 is 5.97 Å². The number of carbonyl (C=O) groups excluding carboxylic acids is 1. The molecule has 0 aliphatic heterocycles. The molecular weight excluding hydrogens is 309 g/mol. The summed E-state index contributed by atoms with van der Waals surface area (Å²) in [5, 5.41) is 0.764. The van der Waals surface area contributed by atoms with E-state index in [0.717, 1.165) is 10.9 Å². The Hall–Kier alpha value is -1.97. The van der Waals surface area contributed by atoms with Crippen LogP contribution in [0.2, 0.25) is 0 Å². The van der Waals surface area contributed by atoms with Crippen LogP contribution in [-0.4, -0.2) is 11.0 Å². The summed E-state index contributed by atoms with van der Waals surface area (Å²) in [7, 11) is 0. The normalized spacial score (nSPS) is 11.5. The van der Waals surface area contributed by atoms with Crippen LogP contribution < -0.4 is 0 Å². The third-order valence-corrected chi connectivity index (χ3v) is 3.74. The maximum Gasteiger partial charge on any atom is 0.341 e. The maximum absolute atomic E-state index is 12.3. The maximum atomic E-state index is 12.3. The van der Waals surface area contributed by atoms with Gasteiger partial charge in [0.1, 0.15) is 0 Å². The Morgan fingerprint density at radius 1 is 1.00 bits per heavy atom. The van der Waals surface area contributed by atoms with Crippen LogP contribution in [0.3, 0.4) is 0 Å². The van der Waals surface area contributed by atoms with Gasteiger partial charge in [-0.25, -0.2) is 4.79 Å². The molecular formula is C16H11Cl2NO2. The summed E-state index contributed by atoms with van der Waals surface area (Å²) < 4.78 is 3.54. The lowest BCUT2D eigenvalue weighted by atomic mass is 10.1. The van der Waals surface area contributed by atoms with Crippen molar-refractivity contribution in [2.45, 2.75) is 4.52 Å². The number of aromatic nitrogens is 1. The Bertz CT molecular complexity index is 781. The van der Waals surface area contributed by atoms with E-state index < -0.39 is 10.5 Å². The van der Waals surface area contributed by atoms with E-state index in [1.807, 2.05) is 12.1 Å². The van der Waals surface area contributed by atoms with E-state index in [1.165, 1.54) is 0 Å². The predicted molar refractivity (Wildman–Crippen MR) is 83.5 cm³/mol. The van der Waals surface area contributed by atoms with Crippen LogP contribution >= 0.6 is 23.2 Å². The monoisotopic (exact) mass is 319 g/mol. The lowest BCUT2D eigenvalue weighted by Gasteiger charge is -2.20. The summed E-state index contributed by atoms with van der Waals surface area (Å²) >= 11 is 12.3. The topological polar surface area (TPSA) is 42.1 Å². The number of carbonyl (C=O) groups is 1. The van der Waals surface area contributed by atoms with E-state index in [2.05, 4.69) is 4.98 Å². The molecule has 21 heavy (non-hydrogen) atoms. The number of esters is 1. The second-order valence-corrected chi connectivity index (χ2v) is 5.77. The molecule has 1 aromatic heterocycles. The average Bonchev–Trinajstić information content (AvgIpc) is 2.96. The Morgan fingerprint density at radius 2 is 1.76 bits per heavy atom. The van der Waals surface area contributed by atoms with Gasteiger partial charge in [0.05, 0.1) is 5.56 Å². The minimum atomic E-state index is -1.73. The van der Waals surface area contributed by atoms with Gasteiger partial charge in [-0.1, -0.05) is 59.6 Å². The third-order valence-electron chi connectivity index (χ3n) is 3.15. The molecule has 0 bridgehead atoms. The minimum absolute atomic E-state index is 0.412. The first-order valence-electron chi connectivity index (χ1n) is 6.31. The van der Waals surface area contributed by atoms with E-state index in [0.29, 0.717) is 11.1 Å². The van der Waals surface area contributed by atoms with Gasteiger partial charge in [-0.15, -0.1) is 0 Å². The van der Waals surface area contributed by atoms with Crippen molar-refractivity contribution >= 4 is 40.1 Å². The van der Waals surface area contributed by atoms with Crippen LogP contribution in [0.5, 0.6) is 0 Å². The van der Waals surface area contributed by atoms with E-state index in [-0.39, 0.29) is 0 Å². The molecule has 0 saturated heterocycles. The van der Waals surface area contributed by atoms with Gasteiger partial charge in [0, 0.05) is 22.7 Å². The summed E-state index contributed by atoms with van der Waals surface area (Å²) in [5.74, 6) is -0.575. The first kappa shape index (κ1) is 14.0. The number of halogens is 2. The van der Waals surface area contributed by atoms with Gasteiger partial charge in [-0.2, -0.15) is 0 Å². The van der Waals surface area contributed by atoms with Gasteiger partial charge in [-0.05, 0) is 18.2 Å². The van der Waals surface area contributed by atoms with Crippen molar-refractivity contribution in [1.82, 2.24) is 4.98 Å². The molecule has 0 fully saturated rings. The predicted octanol–water partition coefficient (Wildman–Crippen LogP) is 4.61. The fourth-order valence-corrected chi connectivity index (χ4v) is 2.52.